The molecule has 2 aliphatic rings. The maximum absolute atomic E-state index is 10.8. The van der Waals surface area contributed by atoms with Crippen molar-refractivity contribution < 1.29 is 9.53 Å². The van der Waals surface area contributed by atoms with Gasteiger partial charge in [0.2, 0.25) is 0 Å². The summed E-state index contributed by atoms with van der Waals surface area (Å²) in [5.41, 5.74) is 0.205. The summed E-state index contributed by atoms with van der Waals surface area (Å²) >= 11 is 0. The molecule has 0 aromatic heterocycles. The maximum Gasteiger partial charge on any atom is 0.306 e. The van der Waals surface area contributed by atoms with E-state index in [9.17, 15) is 4.79 Å². The van der Waals surface area contributed by atoms with Gasteiger partial charge in [0.1, 0.15) is 6.10 Å². The summed E-state index contributed by atoms with van der Waals surface area (Å²) in [6.45, 7) is 2.16. The molecule has 0 aromatic carbocycles. The average Bonchev–Trinajstić information content (AvgIpc) is 2.20. The van der Waals surface area contributed by atoms with Gasteiger partial charge in [0.15, 0.2) is 0 Å². The first kappa shape index (κ1) is 6.20. The second kappa shape index (κ2) is 1.74. The fourth-order valence-corrected chi connectivity index (χ4v) is 2.13. The second-order valence-electron chi connectivity index (χ2n) is 3.70. The van der Waals surface area contributed by atoms with E-state index in [2.05, 4.69) is 6.92 Å². The van der Waals surface area contributed by atoms with E-state index >= 15 is 0 Å². The zero-order chi connectivity index (χ0) is 7.19. The smallest absolute Gasteiger partial charge is 0.306 e. The van der Waals surface area contributed by atoms with Crippen LogP contribution in [-0.2, 0) is 9.53 Å². The van der Waals surface area contributed by atoms with Crippen molar-refractivity contribution in [3.63, 3.8) is 0 Å². The number of hydrogen-bond acceptors (Lipinski definition) is 2. The highest BCUT2D eigenvalue weighted by Crippen LogP contribution is 2.47. The van der Waals surface area contributed by atoms with Crippen molar-refractivity contribution in [3.05, 3.63) is 0 Å². The van der Waals surface area contributed by atoms with Gasteiger partial charge in [0, 0.05) is 5.41 Å². The van der Waals surface area contributed by atoms with Crippen molar-refractivity contribution in [1.82, 2.24) is 0 Å². The topological polar surface area (TPSA) is 26.3 Å². The molecular weight excluding hydrogens is 128 g/mol. The second-order valence-corrected chi connectivity index (χ2v) is 3.70. The Balaban J connectivity index is 2.22. The van der Waals surface area contributed by atoms with Crippen LogP contribution in [0.3, 0.4) is 0 Å². The Bertz CT molecular complexity index is 176. The van der Waals surface area contributed by atoms with E-state index < -0.39 is 0 Å². The van der Waals surface area contributed by atoms with Crippen LogP contribution < -0.4 is 0 Å². The highest BCUT2D eigenvalue weighted by Gasteiger charge is 2.48. The summed E-state index contributed by atoms with van der Waals surface area (Å²) in [4.78, 5) is 10.8. The number of hydrogen-bond donors (Lipinski definition) is 0. The molecule has 2 fully saturated rings. The fraction of sp³-hybridized carbons (Fsp3) is 0.875. The molecule has 0 bridgehead atoms. The zero-order valence-corrected chi connectivity index (χ0v) is 6.22. The number of carbonyl (C=O) groups excluding carboxylic acids is 1. The summed E-state index contributed by atoms with van der Waals surface area (Å²) in [6, 6.07) is 0. The molecule has 2 rings (SSSR count). The molecule has 2 atom stereocenters. The van der Waals surface area contributed by atoms with Crippen LogP contribution in [0, 0.1) is 5.41 Å². The quantitative estimate of drug-likeness (QED) is 0.476. The third-order valence-electron chi connectivity index (χ3n) is 2.81. The van der Waals surface area contributed by atoms with E-state index in [4.69, 9.17) is 4.74 Å². The minimum absolute atomic E-state index is 0.00667. The Labute approximate surface area is 60.6 Å². The minimum Gasteiger partial charge on any atom is -0.462 e. The van der Waals surface area contributed by atoms with Crippen molar-refractivity contribution in [2.45, 2.75) is 38.7 Å². The third kappa shape index (κ3) is 0.678. The van der Waals surface area contributed by atoms with Crippen molar-refractivity contribution in [3.8, 4) is 0 Å². The Hall–Kier alpha value is -0.530. The van der Waals surface area contributed by atoms with Crippen LogP contribution in [-0.4, -0.2) is 12.1 Å². The van der Waals surface area contributed by atoms with Crippen LogP contribution in [0.5, 0.6) is 0 Å². The maximum atomic E-state index is 10.8. The lowest BCUT2D eigenvalue weighted by Gasteiger charge is -2.18. The molecule has 10 heavy (non-hydrogen) atoms. The van der Waals surface area contributed by atoms with E-state index in [1.807, 2.05) is 0 Å². The lowest BCUT2D eigenvalue weighted by molar-refractivity contribution is -0.141. The third-order valence-corrected chi connectivity index (χ3v) is 2.81. The molecule has 1 aliphatic heterocycles. The Morgan fingerprint density at radius 1 is 1.70 bits per heavy atom. The molecule has 0 N–H and O–H groups in total. The molecule has 1 aliphatic carbocycles. The molecule has 0 amide bonds. The Kier molecular flexibility index (Phi) is 1.08. The number of fused-ring (bicyclic) bond motifs is 1. The predicted molar refractivity (Wildman–Crippen MR) is 36.5 cm³/mol. The largest absolute Gasteiger partial charge is 0.462 e. The molecule has 2 nitrogen and oxygen atoms in total. The van der Waals surface area contributed by atoms with E-state index in [-0.39, 0.29) is 17.5 Å². The van der Waals surface area contributed by atoms with Gasteiger partial charge in [-0.25, -0.2) is 0 Å². The minimum atomic E-state index is 0.00667. The van der Waals surface area contributed by atoms with Gasteiger partial charge in [0.05, 0.1) is 6.42 Å². The van der Waals surface area contributed by atoms with E-state index in [1.54, 1.807) is 0 Å². The molecule has 1 saturated heterocycles. The molecule has 56 valence electrons. The van der Waals surface area contributed by atoms with Crippen molar-refractivity contribution in [1.29, 1.82) is 0 Å². The van der Waals surface area contributed by atoms with E-state index in [0.717, 1.165) is 6.42 Å². The first-order valence-electron chi connectivity index (χ1n) is 3.90. The standard InChI is InChI=1S/C8H12O2/c1-8-4-2-3-6(8)10-7(9)5-8/h6H,2-5H2,1H3. The van der Waals surface area contributed by atoms with Gasteiger partial charge in [-0.3, -0.25) is 4.79 Å². The highest BCUT2D eigenvalue weighted by molar-refractivity contribution is 5.73. The van der Waals surface area contributed by atoms with Gasteiger partial charge < -0.3 is 4.74 Å². The Morgan fingerprint density at radius 3 is 3.20 bits per heavy atom. The zero-order valence-electron chi connectivity index (χ0n) is 6.22. The van der Waals surface area contributed by atoms with Gasteiger partial charge >= 0.3 is 5.97 Å². The summed E-state index contributed by atoms with van der Waals surface area (Å²) < 4.78 is 5.15. The average molecular weight is 140 g/mol. The van der Waals surface area contributed by atoms with Crippen LogP contribution in [0.25, 0.3) is 0 Å². The molecule has 1 heterocycles. The monoisotopic (exact) mass is 140 g/mol. The van der Waals surface area contributed by atoms with Gasteiger partial charge in [-0.1, -0.05) is 6.92 Å². The van der Waals surface area contributed by atoms with Gasteiger partial charge in [-0.2, -0.15) is 0 Å². The highest BCUT2D eigenvalue weighted by atomic mass is 16.6. The van der Waals surface area contributed by atoms with Crippen LogP contribution >= 0.6 is 0 Å². The molecular formula is C8H12O2. The first-order chi connectivity index (χ1) is 4.71. The number of esters is 1. The molecule has 2 unspecified atom stereocenters. The van der Waals surface area contributed by atoms with Crippen LogP contribution in [0.2, 0.25) is 0 Å². The normalized spacial score (nSPS) is 45.3. The summed E-state index contributed by atoms with van der Waals surface area (Å²) in [5, 5.41) is 0. The summed E-state index contributed by atoms with van der Waals surface area (Å²) in [5.74, 6) is 0.00667. The molecule has 2 heteroatoms. The number of carbonyl (C=O) groups is 1. The fourth-order valence-electron chi connectivity index (χ4n) is 2.13. The molecule has 0 aromatic rings. The number of ether oxygens (including phenoxy) is 1. The molecule has 0 radical (unpaired) electrons. The SMILES string of the molecule is CC12CCCC1OC(=O)C2. The summed E-state index contributed by atoms with van der Waals surface area (Å²) in [6.07, 6.45) is 4.39. The predicted octanol–water partition coefficient (Wildman–Crippen LogP) is 1.49. The van der Waals surface area contributed by atoms with Crippen molar-refractivity contribution in [2.75, 3.05) is 0 Å². The van der Waals surface area contributed by atoms with Crippen LogP contribution in [0.4, 0.5) is 0 Å². The van der Waals surface area contributed by atoms with Crippen molar-refractivity contribution in [2.24, 2.45) is 5.41 Å². The molecule has 0 spiro atoms. The van der Waals surface area contributed by atoms with E-state index in [1.165, 1.54) is 12.8 Å². The molecule has 1 saturated carbocycles. The lowest BCUT2D eigenvalue weighted by Crippen LogP contribution is -2.20. The van der Waals surface area contributed by atoms with Crippen LogP contribution in [0.15, 0.2) is 0 Å². The Morgan fingerprint density at radius 2 is 2.50 bits per heavy atom. The first-order valence-corrected chi connectivity index (χ1v) is 3.90. The van der Waals surface area contributed by atoms with Gasteiger partial charge in [0.25, 0.3) is 0 Å². The van der Waals surface area contributed by atoms with Crippen LogP contribution in [0.1, 0.15) is 32.6 Å². The lowest BCUT2D eigenvalue weighted by atomic mass is 9.85. The van der Waals surface area contributed by atoms with E-state index in [0.29, 0.717) is 6.42 Å². The van der Waals surface area contributed by atoms with Gasteiger partial charge in [-0.15, -0.1) is 0 Å². The van der Waals surface area contributed by atoms with Gasteiger partial charge in [-0.05, 0) is 19.3 Å². The number of rotatable bonds is 0. The summed E-state index contributed by atoms with van der Waals surface area (Å²) in [7, 11) is 0. The van der Waals surface area contributed by atoms with Crippen molar-refractivity contribution >= 4 is 5.97 Å².